The lowest BCUT2D eigenvalue weighted by Crippen LogP contribution is -2.33. The maximum absolute atomic E-state index is 12.3. The van der Waals surface area contributed by atoms with Gasteiger partial charge in [-0.2, -0.15) is 0 Å². The molecule has 2 N–H and O–H groups in total. The van der Waals surface area contributed by atoms with Crippen LogP contribution in [0.2, 0.25) is 0 Å². The molecule has 0 bridgehead atoms. The Bertz CT molecular complexity index is 873. The Morgan fingerprint density at radius 2 is 1.77 bits per heavy atom. The smallest absolute Gasteiger partial charge is 0.251 e. The van der Waals surface area contributed by atoms with E-state index in [9.17, 15) is 14.4 Å². The van der Waals surface area contributed by atoms with Crippen molar-refractivity contribution in [2.45, 2.75) is 25.2 Å². The van der Waals surface area contributed by atoms with Gasteiger partial charge in [0.25, 0.3) is 5.91 Å². The molecule has 1 saturated heterocycles. The van der Waals surface area contributed by atoms with Crippen LogP contribution in [0, 0.1) is 5.92 Å². The first-order valence-corrected chi connectivity index (χ1v) is 8.89. The number of imide groups is 1. The lowest BCUT2D eigenvalue weighted by atomic mass is 9.77. The molecule has 2 atom stereocenters. The molecular formula is C21H20N2O3. The van der Waals surface area contributed by atoms with Gasteiger partial charge >= 0.3 is 0 Å². The van der Waals surface area contributed by atoms with Gasteiger partial charge in [-0.3, -0.25) is 19.7 Å². The van der Waals surface area contributed by atoms with Crippen LogP contribution >= 0.6 is 0 Å². The standard InChI is InChI=1S/C21H20N2O3/c24-19-11-16(21(26)23-19)9-13-5-7-14(8-6-13)20(25)22-12-17-10-15-3-1-2-4-18(15)17/h1-8,16-17H,9-12H2,(H,22,25)(H,23,24,26)/t16-,17+/m0/s1. The third-order valence-corrected chi connectivity index (χ3v) is 5.23. The van der Waals surface area contributed by atoms with E-state index >= 15 is 0 Å². The highest BCUT2D eigenvalue weighted by molar-refractivity contribution is 6.03. The summed E-state index contributed by atoms with van der Waals surface area (Å²) in [5.74, 6) is -0.422. The second kappa shape index (κ2) is 6.75. The quantitative estimate of drug-likeness (QED) is 0.811. The van der Waals surface area contributed by atoms with Crippen molar-refractivity contribution in [2.75, 3.05) is 6.54 Å². The highest BCUT2D eigenvalue weighted by atomic mass is 16.2. The van der Waals surface area contributed by atoms with E-state index in [1.807, 2.05) is 24.3 Å². The Morgan fingerprint density at radius 3 is 2.46 bits per heavy atom. The van der Waals surface area contributed by atoms with E-state index < -0.39 is 0 Å². The fourth-order valence-corrected chi connectivity index (χ4v) is 3.71. The second-order valence-corrected chi connectivity index (χ2v) is 7.02. The van der Waals surface area contributed by atoms with Crippen molar-refractivity contribution in [3.63, 3.8) is 0 Å². The molecule has 4 rings (SSSR count). The lowest BCUT2D eigenvalue weighted by molar-refractivity contribution is -0.125. The molecule has 2 aromatic carbocycles. The second-order valence-electron chi connectivity index (χ2n) is 7.02. The number of hydrogen-bond acceptors (Lipinski definition) is 3. The zero-order valence-electron chi connectivity index (χ0n) is 14.3. The van der Waals surface area contributed by atoms with Crippen LogP contribution < -0.4 is 10.6 Å². The van der Waals surface area contributed by atoms with Gasteiger partial charge in [0, 0.05) is 24.4 Å². The van der Waals surface area contributed by atoms with Gasteiger partial charge in [0.1, 0.15) is 0 Å². The van der Waals surface area contributed by atoms with Gasteiger partial charge in [0.05, 0.1) is 5.92 Å². The van der Waals surface area contributed by atoms with Crippen LogP contribution in [0.3, 0.4) is 0 Å². The van der Waals surface area contributed by atoms with Crippen LogP contribution in [0.1, 0.15) is 39.4 Å². The molecule has 1 fully saturated rings. The van der Waals surface area contributed by atoms with E-state index in [2.05, 4.69) is 22.8 Å². The maximum atomic E-state index is 12.3. The first-order chi connectivity index (χ1) is 12.6. The molecule has 2 aromatic rings. The minimum atomic E-state index is -0.305. The van der Waals surface area contributed by atoms with Gasteiger partial charge < -0.3 is 5.32 Å². The molecule has 2 aliphatic rings. The summed E-state index contributed by atoms with van der Waals surface area (Å²) in [6.07, 6.45) is 1.76. The van der Waals surface area contributed by atoms with Gasteiger partial charge in [-0.05, 0) is 41.7 Å². The molecular weight excluding hydrogens is 328 g/mol. The highest BCUT2D eigenvalue weighted by Crippen LogP contribution is 2.34. The van der Waals surface area contributed by atoms with Crippen molar-refractivity contribution in [1.82, 2.24) is 10.6 Å². The Balaban J connectivity index is 1.31. The van der Waals surface area contributed by atoms with Crippen LogP contribution in [0.5, 0.6) is 0 Å². The number of rotatable bonds is 5. The number of carbonyl (C=O) groups excluding carboxylic acids is 3. The monoisotopic (exact) mass is 348 g/mol. The van der Waals surface area contributed by atoms with E-state index in [1.165, 1.54) is 11.1 Å². The summed E-state index contributed by atoms with van der Waals surface area (Å²) < 4.78 is 0. The largest absolute Gasteiger partial charge is 0.351 e. The number of carbonyl (C=O) groups is 3. The maximum Gasteiger partial charge on any atom is 0.251 e. The molecule has 5 nitrogen and oxygen atoms in total. The van der Waals surface area contributed by atoms with Crippen LogP contribution in [-0.2, 0) is 22.4 Å². The van der Waals surface area contributed by atoms with Gasteiger partial charge in [0.15, 0.2) is 0 Å². The number of amides is 3. The Hall–Kier alpha value is -2.95. The molecule has 0 spiro atoms. The zero-order valence-corrected chi connectivity index (χ0v) is 14.3. The van der Waals surface area contributed by atoms with Crippen LogP contribution in [0.25, 0.3) is 0 Å². The third kappa shape index (κ3) is 3.25. The molecule has 26 heavy (non-hydrogen) atoms. The molecule has 132 valence electrons. The summed E-state index contributed by atoms with van der Waals surface area (Å²) in [6.45, 7) is 0.641. The number of hydrogen-bond donors (Lipinski definition) is 2. The van der Waals surface area contributed by atoms with E-state index in [4.69, 9.17) is 0 Å². The van der Waals surface area contributed by atoms with Gasteiger partial charge in [-0.15, -0.1) is 0 Å². The predicted molar refractivity (Wildman–Crippen MR) is 96.6 cm³/mol. The van der Waals surface area contributed by atoms with E-state index in [1.54, 1.807) is 12.1 Å². The number of nitrogens with one attached hydrogen (secondary N) is 2. The van der Waals surface area contributed by atoms with Crippen LogP contribution in [-0.4, -0.2) is 24.3 Å². The van der Waals surface area contributed by atoms with Crippen molar-refractivity contribution in [3.05, 3.63) is 70.8 Å². The van der Waals surface area contributed by atoms with E-state index in [0.717, 1.165) is 12.0 Å². The number of benzene rings is 2. The third-order valence-electron chi connectivity index (χ3n) is 5.23. The lowest BCUT2D eigenvalue weighted by Gasteiger charge is -2.30. The molecule has 0 radical (unpaired) electrons. The first kappa shape index (κ1) is 16.5. The molecule has 0 aromatic heterocycles. The van der Waals surface area contributed by atoms with Crippen molar-refractivity contribution >= 4 is 17.7 Å². The van der Waals surface area contributed by atoms with E-state index in [-0.39, 0.29) is 30.1 Å². The average molecular weight is 348 g/mol. The predicted octanol–water partition coefficient (Wildman–Crippen LogP) is 1.96. The molecule has 1 heterocycles. The van der Waals surface area contributed by atoms with Crippen LogP contribution in [0.15, 0.2) is 48.5 Å². The average Bonchev–Trinajstić information content (AvgIpc) is 2.93. The fourth-order valence-electron chi connectivity index (χ4n) is 3.71. The molecule has 1 aliphatic carbocycles. The van der Waals surface area contributed by atoms with Gasteiger partial charge in [-0.25, -0.2) is 0 Å². The molecule has 5 heteroatoms. The van der Waals surface area contributed by atoms with Crippen molar-refractivity contribution in [3.8, 4) is 0 Å². The summed E-state index contributed by atoms with van der Waals surface area (Å²) >= 11 is 0. The highest BCUT2D eigenvalue weighted by Gasteiger charge is 2.30. The normalized spacial score (nSPS) is 20.9. The summed E-state index contributed by atoms with van der Waals surface area (Å²) in [5.41, 5.74) is 4.25. The Kier molecular flexibility index (Phi) is 4.29. The summed E-state index contributed by atoms with van der Waals surface area (Å²) in [5, 5.41) is 5.32. The topological polar surface area (TPSA) is 75.3 Å². The fraction of sp³-hybridized carbons (Fsp3) is 0.286. The molecule has 1 aliphatic heterocycles. The summed E-state index contributed by atoms with van der Waals surface area (Å²) in [6, 6.07) is 15.6. The van der Waals surface area contributed by atoms with Crippen molar-refractivity contribution < 1.29 is 14.4 Å². The minimum Gasteiger partial charge on any atom is -0.351 e. The molecule has 0 unspecified atom stereocenters. The minimum absolute atomic E-state index is 0.0882. The summed E-state index contributed by atoms with van der Waals surface area (Å²) in [7, 11) is 0. The Labute approximate surface area is 151 Å². The van der Waals surface area contributed by atoms with Crippen LogP contribution in [0.4, 0.5) is 0 Å². The summed E-state index contributed by atoms with van der Waals surface area (Å²) in [4.78, 5) is 35.2. The molecule has 3 amide bonds. The van der Waals surface area contributed by atoms with Gasteiger partial charge in [0.2, 0.25) is 11.8 Å². The zero-order chi connectivity index (χ0) is 18.1. The molecule has 0 saturated carbocycles. The Morgan fingerprint density at radius 1 is 1.00 bits per heavy atom. The van der Waals surface area contributed by atoms with Crippen molar-refractivity contribution in [2.24, 2.45) is 5.92 Å². The SMILES string of the molecule is O=C1C[C@H](Cc2ccc(C(=O)NC[C@H]3Cc4ccccc43)cc2)C(=O)N1. The van der Waals surface area contributed by atoms with Gasteiger partial charge in [-0.1, -0.05) is 36.4 Å². The van der Waals surface area contributed by atoms with E-state index in [0.29, 0.717) is 24.4 Å². The number of fused-ring (bicyclic) bond motifs is 1. The first-order valence-electron chi connectivity index (χ1n) is 8.89. The van der Waals surface area contributed by atoms with Crippen molar-refractivity contribution in [1.29, 1.82) is 0 Å².